The van der Waals surface area contributed by atoms with Crippen molar-refractivity contribution in [2.75, 3.05) is 0 Å². The monoisotopic (exact) mass is 296 g/mol. The third kappa shape index (κ3) is 2.36. The molecule has 9 heteroatoms. The number of halogens is 6. The van der Waals surface area contributed by atoms with Crippen LogP contribution in [0.1, 0.15) is 11.3 Å². The average molecular weight is 296 g/mol. The van der Waals surface area contributed by atoms with Crippen LogP contribution in [-0.4, -0.2) is 14.9 Å². The van der Waals surface area contributed by atoms with Crippen molar-refractivity contribution in [3.63, 3.8) is 0 Å². The molecule has 0 aliphatic rings. The van der Waals surface area contributed by atoms with Gasteiger partial charge in [-0.3, -0.25) is 0 Å². The molecule has 0 radical (unpaired) electrons. The lowest BCUT2D eigenvalue weighted by Gasteiger charge is -2.12. The molecule has 0 saturated carbocycles. The molecule has 2 rings (SSSR count). The molecule has 0 saturated heterocycles. The third-order valence-corrected chi connectivity index (χ3v) is 2.50. The van der Waals surface area contributed by atoms with Crippen molar-refractivity contribution in [2.45, 2.75) is 12.8 Å². The smallest absolute Gasteiger partial charge is 0.392 e. The van der Waals surface area contributed by atoms with Crippen molar-refractivity contribution in [1.82, 2.24) is 9.78 Å². The minimum atomic E-state index is -4.95. The van der Waals surface area contributed by atoms with E-state index in [1.807, 2.05) is 0 Å². The van der Waals surface area contributed by atoms with E-state index in [0.29, 0.717) is 6.20 Å². The van der Waals surface area contributed by atoms with Crippen molar-refractivity contribution >= 4 is 0 Å². The number of aromatic nitrogens is 2. The van der Waals surface area contributed by atoms with Gasteiger partial charge < -0.3 is 5.11 Å². The summed E-state index contributed by atoms with van der Waals surface area (Å²) >= 11 is 0. The summed E-state index contributed by atoms with van der Waals surface area (Å²) in [5, 5.41) is 12.1. The van der Waals surface area contributed by atoms with Crippen LogP contribution in [0.5, 0.6) is 0 Å². The highest BCUT2D eigenvalue weighted by atomic mass is 19.4. The molecule has 1 aromatic heterocycles. The topological polar surface area (TPSA) is 38.1 Å². The third-order valence-electron chi connectivity index (χ3n) is 2.50. The number of benzene rings is 1. The molecule has 0 aliphatic heterocycles. The van der Waals surface area contributed by atoms with E-state index in [0.717, 1.165) is 0 Å². The molecule has 0 unspecified atom stereocenters. The molecule has 0 atom stereocenters. The normalized spacial score (nSPS) is 11.9. The number of alkyl halides is 3. The Morgan fingerprint density at radius 2 is 1.65 bits per heavy atom. The predicted molar refractivity (Wildman–Crippen MR) is 54.4 cm³/mol. The van der Waals surface area contributed by atoms with E-state index in [9.17, 15) is 26.3 Å². The molecule has 0 bridgehead atoms. The summed E-state index contributed by atoms with van der Waals surface area (Å²) in [6.45, 7) is -0.986. The second-order valence-corrected chi connectivity index (χ2v) is 3.80. The number of rotatable bonds is 2. The Balaban J connectivity index is 2.71. The quantitative estimate of drug-likeness (QED) is 0.683. The van der Waals surface area contributed by atoms with E-state index in [1.54, 1.807) is 0 Å². The van der Waals surface area contributed by atoms with E-state index in [1.165, 1.54) is 0 Å². The van der Waals surface area contributed by atoms with Gasteiger partial charge in [0.2, 0.25) is 0 Å². The molecule has 1 N–H and O–H groups in total. The van der Waals surface area contributed by atoms with E-state index < -0.39 is 47.2 Å². The van der Waals surface area contributed by atoms with Crippen LogP contribution in [0.15, 0.2) is 18.3 Å². The lowest BCUT2D eigenvalue weighted by Crippen LogP contribution is -2.16. The van der Waals surface area contributed by atoms with E-state index >= 15 is 0 Å². The van der Waals surface area contributed by atoms with Crippen LogP contribution in [-0.2, 0) is 12.8 Å². The van der Waals surface area contributed by atoms with Gasteiger partial charge in [0.05, 0.1) is 12.8 Å². The van der Waals surface area contributed by atoms with Gasteiger partial charge >= 0.3 is 6.18 Å². The highest BCUT2D eigenvalue weighted by Crippen LogP contribution is 2.34. The van der Waals surface area contributed by atoms with Crippen LogP contribution in [0.3, 0.4) is 0 Å². The Labute approximate surface area is 108 Å². The first-order valence-electron chi connectivity index (χ1n) is 5.15. The molecule has 20 heavy (non-hydrogen) atoms. The van der Waals surface area contributed by atoms with Crippen molar-refractivity contribution in [3.05, 3.63) is 47.0 Å². The standard InChI is InChI=1S/C11H6F6N2O/c12-6-1-8(14)9(2-7(6)13)19-10(11(15,16)17)5(4-20)3-18-19/h1-3,20H,4H2. The largest absolute Gasteiger partial charge is 0.433 e. The Hall–Kier alpha value is -2.03. The molecule has 0 amide bonds. The molecule has 2 aromatic rings. The summed E-state index contributed by atoms with van der Waals surface area (Å²) in [4.78, 5) is 0. The number of aliphatic hydroxyl groups is 1. The van der Waals surface area contributed by atoms with E-state index in [2.05, 4.69) is 5.10 Å². The fourth-order valence-corrected chi connectivity index (χ4v) is 1.66. The minimum absolute atomic E-state index is 0.0728. The second-order valence-electron chi connectivity index (χ2n) is 3.80. The molecule has 0 spiro atoms. The molecule has 3 nitrogen and oxygen atoms in total. The van der Waals surface area contributed by atoms with E-state index in [-0.39, 0.29) is 16.8 Å². The SMILES string of the molecule is OCc1cnn(-c2cc(F)c(F)cc2F)c1C(F)(F)F. The summed E-state index contributed by atoms with van der Waals surface area (Å²) in [6.07, 6.45) is -4.28. The summed E-state index contributed by atoms with van der Waals surface area (Å²) in [5.41, 5.74) is -2.97. The fraction of sp³-hybridized carbons (Fsp3) is 0.182. The Bertz CT molecular complexity index is 649. The van der Waals surface area contributed by atoms with Crippen molar-refractivity contribution in [3.8, 4) is 5.69 Å². The molecule has 0 fully saturated rings. The summed E-state index contributed by atoms with van der Waals surface area (Å²) in [7, 11) is 0. The number of aliphatic hydroxyl groups excluding tert-OH is 1. The molecule has 1 aromatic carbocycles. The first-order valence-corrected chi connectivity index (χ1v) is 5.15. The molecule has 108 valence electrons. The zero-order valence-electron chi connectivity index (χ0n) is 9.55. The van der Waals surface area contributed by atoms with Gasteiger partial charge in [-0.25, -0.2) is 17.9 Å². The zero-order valence-corrected chi connectivity index (χ0v) is 9.55. The van der Waals surface area contributed by atoms with Gasteiger partial charge in [0.25, 0.3) is 0 Å². The first kappa shape index (κ1) is 14.4. The van der Waals surface area contributed by atoms with Gasteiger partial charge in [0, 0.05) is 17.7 Å². The molecular formula is C11H6F6N2O. The molecule has 0 aliphatic carbocycles. The van der Waals surface area contributed by atoms with Crippen LogP contribution in [0, 0.1) is 17.5 Å². The van der Waals surface area contributed by atoms with Crippen LogP contribution in [0.25, 0.3) is 5.69 Å². The van der Waals surface area contributed by atoms with Crippen LogP contribution < -0.4 is 0 Å². The Kier molecular flexibility index (Phi) is 3.46. The van der Waals surface area contributed by atoms with E-state index in [4.69, 9.17) is 5.11 Å². The van der Waals surface area contributed by atoms with Gasteiger partial charge in [-0.1, -0.05) is 0 Å². The van der Waals surface area contributed by atoms with Crippen LogP contribution >= 0.6 is 0 Å². The summed E-state index contributed by atoms with van der Waals surface area (Å²) in [5.74, 6) is -4.47. The maximum absolute atomic E-state index is 13.5. The van der Waals surface area contributed by atoms with Crippen molar-refractivity contribution in [1.29, 1.82) is 0 Å². The highest BCUT2D eigenvalue weighted by molar-refractivity contribution is 5.38. The zero-order chi connectivity index (χ0) is 15.1. The molecule has 1 heterocycles. The van der Waals surface area contributed by atoms with Gasteiger partial charge in [-0.05, 0) is 0 Å². The Morgan fingerprint density at radius 1 is 1.05 bits per heavy atom. The maximum Gasteiger partial charge on any atom is 0.433 e. The predicted octanol–water partition coefficient (Wildman–Crippen LogP) is 2.80. The lowest BCUT2D eigenvalue weighted by molar-refractivity contribution is -0.143. The lowest BCUT2D eigenvalue weighted by atomic mass is 10.2. The number of nitrogens with zero attached hydrogens (tertiary/aromatic N) is 2. The van der Waals surface area contributed by atoms with Crippen LogP contribution in [0.2, 0.25) is 0 Å². The average Bonchev–Trinajstić information content (AvgIpc) is 2.77. The number of hydrogen-bond donors (Lipinski definition) is 1. The molecular weight excluding hydrogens is 290 g/mol. The van der Waals surface area contributed by atoms with Crippen molar-refractivity contribution < 1.29 is 31.4 Å². The summed E-state index contributed by atoms with van der Waals surface area (Å²) in [6, 6.07) is 0.374. The fourth-order valence-electron chi connectivity index (χ4n) is 1.66. The number of hydrogen-bond acceptors (Lipinski definition) is 2. The maximum atomic E-state index is 13.5. The highest BCUT2D eigenvalue weighted by Gasteiger charge is 2.39. The Morgan fingerprint density at radius 3 is 2.20 bits per heavy atom. The van der Waals surface area contributed by atoms with Gasteiger partial charge in [-0.2, -0.15) is 18.3 Å². The second kappa shape index (κ2) is 4.82. The van der Waals surface area contributed by atoms with Crippen LogP contribution in [0.4, 0.5) is 26.3 Å². The van der Waals surface area contributed by atoms with Gasteiger partial charge in [0.15, 0.2) is 23.1 Å². The summed E-state index contributed by atoms with van der Waals surface area (Å²) < 4.78 is 78.0. The minimum Gasteiger partial charge on any atom is -0.392 e. The van der Waals surface area contributed by atoms with Crippen molar-refractivity contribution in [2.24, 2.45) is 0 Å². The first-order chi connectivity index (χ1) is 9.25. The van der Waals surface area contributed by atoms with Gasteiger partial charge in [0.1, 0.15) is 5.69 Å². The van der Waals surface area contributed by atoms with Gasteiger partial charge in [-0.15, -0.1) is 0 Å².